The van der Waals surface area contributed by atoms with Gasteiger partial charge in [0.15, 0.2) is 0 Å². The maximum atomic E-state index is 11.3. The van der Waals surface area contributed by atoms with Gasteiger partial charge in [0, 0.05) is 6.44 Å². The van der Waals surface area contributed by atoms with Crippen molar-refractivity contribution in [3.63, 3.8) is 0 Å². The molecule has 0 amide bonds. The first-order valence-electron chi connectivity index (χ1n) is 6.76. The number of rotatable bonds is 5. The summed E-state index contributed by atoms with van der Waals surface area (Å²) in [6.45, 7) is 11.8. The molecule has 0 radical (unpaired) electrons. The van der Waals surface area contributed by atoms with Crippen molar-refractivity contribution in [2.75, 3.05) is 13.5 Å². The highest BCUT2D eigenvalue weighted by Crippen LogP contribution is 2.36. The molecule has 0 aromatic heterocycles. The number of hydrogen-bond acceptors (Lipinski definition) is 4. The van der Waals surface area contributed by atoms with E-state index in [1.807, 2.05) is 41.5 Å². The largest absolute Gasteiger partial charge is 0.480 e. The maximum Gasteiger partial charge on any atom is 0.472 e. The zero-order valence-corrected chi connectivity index (χ0v) is 13.1. The van der Waals surface area contributed by atoms with Gasteiger partial charge in [-0.2, -0.15) is 0 Å². The predicted molar refractivity (Wildman–Crippen MR) is 75.0 cm³/mol. The fraction of sp³-hybridized carbons (Fsp3) is 0.923. The Balaban J connectivity index is 2.69. The molecule has 1 saturated heterocycles. The lowest BCUT2D eigenvalue weighted by molar-refractivity contribution is -0.144. The zero-order chi connectivity index (χ0) is 15.0. The van der Waals surface area contributed by atoms with Crippen LogP contribution in [0.2, 0.25) is 0 Å². The van der Waals surface area contributed by atoms with Crippen molar-refractivity contribution in [1.29, 1.82) is 0 Å². The summed E-state index contributed by atoms with van der Waals surface area (Å²) in [5.41, 5.74) is -0.760. The van der Waals surface area contributed by atoms with Crippen LogP contribution in [0.4, 0.5) is 0 Å². The molecule has 1 aliphatic heterocycles. The lowest BCUT2D eigenvalue weighted by Crippen LogP contribution is -2.47. The summed E-state index contributed by atoms with van der Waals surface area (Å²) in [5.74, 6) is -0.779. The van der Waals surface area contributed by atoms with E-state index in [9.17, 15) is 9.90 Å². The Kier molecular flexibility index (Phi) is 4.70. The highest BCUT2D eigenvalue weighted by molar-refractivity contribution is 6.45. The van der Waals surface area contributed by atoms with E-state index in [0.717, 1.165) is 0 Å². The third kappa shape index (κ3) is 3.49. The minimum atomic E-state index is -0.811. The van der Waals surface area contributed by atoms with Gasteiger partial charge in [0.25, 0.3) is 0 Å². The molecule has 1 heterocycles. The van der Waals surface area contributed by atoms with E-state index in [-0.39, 0.29) is 17.1 Å². The van der Waals surface area contributed by atoms with Gasteiger partial charge in [0.05, 0.1) is 11.2 Å². The number of nitrogens with zero attached hydrogens (tertiary/aromatic N) is 1. The van der Waals surface area contributed by atoms with Crippen LogP contribution in [0.5, 0.6) is 0 Å². The summed E-state index contributed by atoms with van der Waals surface area (Å²) in [5, 5.41) is 9.27. The van der Waals surface area contributed by atoms with E-state index in [0.29, 0.717) is 6.44 Å². The van der Waals surface area contributed by atoms with Crippen molar-refractivity contribution < 1.29 is 19.2 Å². The first kappa shape index (κ1) is 16.5. The Morgan fingerprint density at radius 2 is 1.63 bits per heavy atom. The van der Waals surface area contributed by atoms with Crippen molar-refractivity contribution in [2.24, 2.45) is 5.92 Å². The van der Waals surface area contributed by atoms with E-state index in [4.69, 9.17) is 9.31 Å². The number of carboxylic acid groups (broad SMARTS) is 1. The zero-order valence-electron chi connectivity index (χ0n) is 13.1. The van der Waals surface area contributed by atoms with E-state index in [1.165, 1.54) is 0 Å². The smallest absolute Gasteiger partial charge is 0.472 e. The topological polar surface area (TPSA) is 59.0 Å². The molecule has 1 atom stereocenters. The Labute approximate surface area is 116 Å². The van der Waals surface area contributed by atoms with Gasteiger partial charge in [-0.05, 0) is 40.7 Å². The van der Waals surface area contributed by atoms with Gasteiger partial charge in [-0.15, -0.1) is 0 Å². The third-order valence-corrected chi connectivity index (χ3v) is 4.10. The predicted octanol–water partition coefficient (Wildman–Crippen LogP) is 1.66. The molecule has 1 fully saturated rings. The molecule has 0 unspecified atom stereocenters. The van der Waals surface area contributed by atoms with Crippen LogP contribution < -0.4 is 0 Å². The van der Waals surface area contributed by atoms with Crippen molar-refractivity contribution in [2.45, 2.75) is 58.8 Å². The van der Waals surface area contributed by atoms with Crippen LogP contribution in [0, 0.1) is 5.92 Å². The van der Waals surface area contributed by atoms with Gasteiger partial charge in [-0.3, -0.25) is 9.69 Å². The van der Waals surface area contributed by atoms with E-state index in [2.05, 4.69) is 0 Å². The van der Waals surface area contributed by atoms with Crippen molar-refractivity contribution in [3.05, 3.63) is 0 Å². The summed E-state index contributed by atoms with van der Waals surface area (Å²) in [4.78, 5) is 13.1. The molecule has 6 heteroatoms. The molecule has 5 nitrogen and oxygen atoms in total. The number of likely N-dealkylation sites (N-methyl/N-ethyl adjacent to an activating group) is 1. The molecule has 0 bridgehead atoms. The number of hydrogen-bond donors (Lipinski definition) is 1. The van der Waals surface area contributed by atoms with Gasteiger partial charge in [-0.1, -0.05) is 13.8 Å². The van der Waals surface area contributed by atoms with Crippen molar-refractivity contribution >= 4 is 13.1 Å². The summed E-state index contributed by atoms with van der Waals surface area (Å²) < 4.78 is 11.8. The molecular weight excluding hydrogens is 245 g/mol. The Morgan fingerprint density at radius 3 is 1.95 bits per heavy atom. The summed E-state index contributed by atoms with van der Waals surface area (Å²) in [6, 6.07) is -0.529. The molecule has 0 saturated carbocycles. The third-order valence-electron chi connectivity index (χ3n) is 4.10. The monoisotopic (exact) mass is 271 g/mol. The molecule has 0 aliphatic carbocycles. The highest BCUT2D eigenvalue weighted by Gasteiger charge is 2.51. The Bertz CT molecular complexity index is 328. The van der Waals surface area contributed by atoms with Crippen molar-refractivity contribution in [3.8, 4) is 0 Å². The van der Waals surface area contributed by atoms with Crippen LogP contribution in [-0.4, -0.2) is 53.8 Å². The van der Waals surface area contributed by atoms with Gasteiger partial charge < -0.3 is 14.4 Å². The van der Waals surface area contributed by atoms with E-state index < -0.39 is 19.1 Å². The van der Waals surface area contributed by atoms with Gasteiger partial charge in [-0.25, -0.2) is 0 Å². The summed E-state index contributed by atoms with van der Waals surface area (Å²) in [7, 11) is 1.40. The summed E-state index contributed by atoms with van der Waals surface area (Å²) >= 11 is 0. The molecule has 1 N–H and O–H groups in total. The lowest BCUT2D eigenvalue weighted by Gasteiger charge is -2.32. The van der Waals surface area contributed by atoms with Crippen LogP contribution in [0.3, 0.4) is 0 Å². The molecule has 0 aromatic rings. The molecule has 19 heavy (non-hydrogen) atoms. The minimum Gasteiger partial charge on any atom is -0.480 e. The Hall–Kier alpha value is -0.585. The highest BCUT2D eigenvalue weighted by atomic mass is 16.7. The fourth-order valence-electron chi connectivity index (χ4n) is 2.37. The summed E-state index contributed by atoms with van der Waals surface area (Å²) in [6.07, 6.45) is 0.446. The second kappa shape index (κ2) is 5.42. The fourth-order valence-corrected chi connectivity index (χ4v) is 2.37. The minimum absolute atomic E-state index is 0.0323. The van der Waals surface area contributed by atoms with Crippen molar-refractivity contribution in [1.82, 2.24) is 4.90 Å². The van der Waals surface area contributed by atoms with Gasteiger partial charge in [0.1, 0.15) is 6.04 Å². The van der Waals surface area contributed by atoms with Crippen LogP contribution in [-0.2, 0) is 14.1 Å². The Morgan fingerprint density at radius 1 is 1.21 bits per heavy atom. The number of carbonyl (C=O) groups is 1. The maximum absolute atomic E-state index is 11.3. The second-order valence-electron chi connectivity index (χ2n) is 6.65. The normalized spacial score (nSPS) is 23.1. The first-order chi connectivity index (χ1) is 8.48. The van der Waals surface area contributed by atoms with Gasteiger partial charge >= 0.3 is 13.1 Å². The molecule has 0 aromatic carbocycles. The second-order valence-corrected chi connectivity index (χ2v) is 6.65. The quantitative estimate of drug-likeness (QED) is 0.770. The molecule has 1 aliphatic rings. The standard InChI is InChI=1S/C13H26BNO4/c1-9(2)10(11(16)17)15(7)8-14-18-12(3,4)13(5,6)19-14/h9-10H,8H2,1-7H3,(H,16,17)/t10-/m0/s1. The molecule has 110 valence electrons. The number of carboxylic acids is 1. The van der Waals surface area contributed by atoms with Gasteiger partial charge in [0.2, 0.25) is 0 Å². The van der Waals surface area contributed by atoms with Crippen LogP contribution in [0.15, 0.2) is 0 Å². The lowest BCUT2D eigenvalue weighted by atomic mass is 9.88. The van der Waals surface area contributed by atoms with Crippen LogP contribution in [0.1, 0.15) is 41.5 Å². The SMILES string of the molecule is CC(C)[C@@H](C(=O)O)N(C)CB1OC(C)(C)C(C)(C)O1. The molecule has 0 spiro atoms. The molecule has 1 rings (SSSR count). The first-order valence-corrected chi connectivity index (χ1v) is 6.76. The van der Waals surface area contributed by atoms with E-state index >= 15 is 0 Å². The van der Waals surface area contributed by atoms with Crippen LogP contribution >= 0.6 is 0 Å². The average Bonchev–Trinajstić information content (AvgIpc) is 2.31. The van der Waals surface area contributed by atoms with E-state index in [1.54, 1.807) is 11.9 Å². The number of aliphatic carboxylic acids is 1. The average molecular weight is 271 g/mol. The van der Waals surface area contributed by atoms with Crippen LogP contribution in [0.25, 0.3) is 0 Å². The molecular formula is C13H26BNO4.